The Morgan fingerprint density at radius 2 is 1.84 bits per heavy atom. The van der Waals surface area contributed by atoms with Crippen LogP contribution in [-0.4, -0.2) is 18.4 Å². The largest absolute Gasteiger partial charge is 0.367 e. The standard InChI is InChI=1S/C18H18ClNO.CHNO.CH4/c1-13(21)17-9-8-16(11-18(17)19)20-10-4-7-14-5-2-3-6-15(14)12-20;2-1-3;/h2-3,5-6,8-9,11H,4,7,10,12H2,1H3;2H;1H4. The molecule has 0 saturated carbocycles. The quantitative estimate of drug-likeness (QED) is 0.465. The van der Waals surface area contributed by atoms with E-state index in [2.05, 4.69) is 29.2 Å². The van der Waals surface area contributed by atoms with E-state index in [0.717, 1.165) is 37.7 Å². The summed E-state index contributed by atoms with van der Waals surface area (Å²) >= 11 is 6.24. The Morgan fingerprint density at radius 1 is 1.20 bits per heavy atom. The highest BCUT2D eigenvalue weighted by atomic mass is 35.5. The number of hydrogen-bond acceptors (Lipinski definition) is 4. The number of ketones is 1. The molecule has 2 aromatic carbocycles. The van der Waals surface area contributed by atoms with E-state index in [1.54, 1.807) is 6.92 Å². The highest BCUT2D eigenvalue weighted by Gasteiger charge is 2.16. The van der Waals surface area contributed by atoms with Gasteiger partial charge in [-0.05, 0) is 49.1 Å². The summed E-state index contributed by atoms with van der Waals surface area (Å²) in [6.45, 7) is 3.44. The monoisotopic (exact) mass is 358 g/mol. The average molecular weight is 359 g/mol. The van der Waals surface area contributed by atoms with E-state index < -0.39 is 0 Å². The molecule has 0 fully saturated rings. The molecule has 1 heterocycles. The van der Waals surface area contributed by atoms with Crippen LogP contribution in [0.15, 0.2) is 42.5 Å². The molecule has 5 heteroatoms. The second-order valence-electron chi connectivity index (χ2n) is 5.62. The average Bonchev–Trinajstić information content (AvgIpc) is 2.77. The minimum Gasteiger partial charge on any atom is -0.367 e. The first-order chi connectivity index (χ1) is 11.6. The summed E-state index contributed by atoms with van der Waals surface area (Å²) < 4.78 is 0. The van der Waals surface area contributed by atoms with Crippen LogP contribution < -0.4 is 4.90 Å². The van der Waals surface area contributed by atoms with E-state index in [1.165, 1.54) is 11.1 Å². The predicted octanol–water partition coefficient (Wildman–Crippen LogP) is 5.03. The highest BCUT2D eigenvalue weighted by molar-refractivity contribution is 6.34. The number of Topliss-reactive ketones (excluding diaryl/α,β-unsaturated/α-hetero) is 1. The van der Waals surface area contributed by atoms with E-state index in [4.69, 9.17) is 21.8 Å². The third-order valence-corrected chi connectivity index (χ3v) is 4.36. The second kappa shape index (κ2) is 9.77. The van der Waals surface area contributed by atoms with E-state index in [9.17, 15) is 4.79 Å². The molecule has 1 aliphatic rings. The Bertz CT molecular complexity index is 768. The van der Waals surface area contributed by atoms with Crippen molar-refractivity contribution in [3.63, 3.8) is 0 Å². The molecular weight excluding hydrogens is 336 g/mol. The van der Waals surface area contributed by atoms with Gasteiger partial charge in [0.15, 0.2) is 5.78 Å². The van der Waals surface area contributed by atoms with Crippen molar-refractivity contribution in [1.29, 1.82) is 5.41 Å². The Kier molecular flexibility index (Phi) is 8.06. The van der Waals surface area contributed by atoms with Gasteiger partial charge in [-0.25, -0.2) is 10.2 Å². The fourth-order valence-electron chi connectivity index (χ4n) is 2.91. The van der Waals surface area contributed by atoms with Crippen LogP contribution in [0, 0.1) is 5.41 Å². The predicted molar refractivity (Wildman–Crippen MR) is 102 cm³/mol. The van der Waals surface area contributed by atoms with Crippen molar-refractivity contribution >= 4 is 29.2 Å². The SMILES string of the molecule is C.CC(=O)c1ccc(N2CCCc3ccccc3C2)cc1Cl.N=C=O. The number of nitrogens with zero attached hydrogens (tertiary/aromatic N) is 1. The normalized spacial score (nSPS) is 12.5. The van der Waals surface area contributed by atoms with Crippen LogP contribution in [0.4, 0.5) is 5.69 Å². The van der Waals surface area contributed by atoms with Crippen molar-refractivity contribution in [3.05, 3.63) is 64.2 Å². The maximum absolute atomic E-state index is 11.5. The summed E-state index contributed by atoms with van der Waals surface area (Å²) in [4.78, 5) is 22.2. The van der Waals surface area contributed by atoms with Crippen molar-refractivity contribution < 1.29 is 9.59 Å². The molecule has 0 aromatic heterocycles. The van der Waals surface area contributed by atoms with Gasteiger partial charge in [0.25, 0.3) is 0 Å². The Labute approximate surface area is 153 Å². The van der Waals surface area contributed by atoms with Gasteiger partial charge in [0, 0.05) is 24.3 Å². The lowest BCUT2D eigenvalue weighted by Crippen LogP contribution is -2.22. The summed E-state index contributed by atoms with van der Waals surface area (Å²) in [5.74, 6) is 0.00719. The molecular formula is C20H23ClN2O2. The number of anilines is 1. The Balaban J connectivity index is 0.000000730. The van der Waals surface area contributed by atoms with Gasteiger partial charge in [-0.2, -0.15) is 0 Å². The van der Waals surface area contributed by atoms with Crippen molar-refractivity contribution in [1.82, 2.24) is 0 Å². The Hall–Kier alpha value is -2.42. The van der Waals surface area contributed by atoms with Gasteiger partial charge in [0.1, 0.15) is 0 Å². The summed E-state index contributed by atoms with van der Waals surface area (Å²) in [6.07, 6.45) is 3.00. The number of nitrogens with one attached hydrogen (secondary N) is 1. The molecule has 4 nitrogen and oxygen atoms in total. The third kappa shape index (κ3) is 5.28. The summed E-state index contributed by atoms with van der Waals surface area (Å²) in [5.41, 5.74) is 4.49. The summed E-state index contributed by atoms with van der Waals surface area (Å²) in [7, 11) is 0. The van der Waals surface area contributed by atoms with Crippen LogP contribution in [0.25, 0.3) is 0 Å². The lowest BCUT2D eigenvalue weighted by molar-refractivity contribution is 0.101. The molecule has 0 atom stereocenters. The van der Waals surface area contributed by atoms with Crippen molar-refractivity contribution in [2.24, 2.45) is 0 Å². The lowest BCUT2D eigenvalue weighted by Gasteiger charge is -2.23. The number of carbonyl (C=O) groups excluding carboxylic acids is 2. The first kappa shape index (κ1) is 20.6. The van der Waals surface area contributed by atoms with E-state index in [-0.39, 0.29) is 13.2 Å². The molecule has 0 saturated heterocycles. The van der Waals surface area contributed by atoms with Gasteiger partial charge in [0.2, 0.25) is 6.08 Å². The van der Waals surface area contributed by atoms with Crippen LogP contribution in [0.1, 0.15) is 42.3 Å². The van der Waals surface area contributed by atoms with Crippen LogP contribution >= 0.6 is 11.6 Å². The maximum Gasteiger partial charge on any atom is 0.231 e. The fraction of sp³-hybridized carbons (Fsp3) is 0.300. The van der Waals surface area contributed by atoms with Crippen molar-refractivity contribution in [2.45, 2.75) is 33.7 Å². The number of fused-ring (bicyclic) bond motifs is 1. The van der Waals surface area contributed by atoms with Crippen molar-refractivity contribution in [2.75, 3.05) is 11.4 Å². The van der Waals surface area contributed by atoms with E-state index >= 15 is 0 Å². The molecule has 1 N–H and O–H groups in total. The van der Waals surface area contributed by atoms with Crippen molar-refractivity contribution in [3.8, 4) is 0 Å². The fourth-order valence-corrected chi connectivity index (χ4v) is 3.22. The topological polar surface area (TPSA) is 61.2 Å². The third-order valence-electron chi connectivity index (χ3n) is 4.05. The minimum atomic E-state index is 0. The zero-order valence-corrected chi connectivity index (χ0v) is 14.3. The smallest absolute Gasteiger partial charge is 0.231 e. The zero-order chi connectivity index (χ0) is 17.5. The first-order valence-electron chi connectivity index (χ1n) is 7.73. The maximum atomic E-state index is 11.5. The number of aryl methyl sites for hydroxylation is 1. The van der Waals surface area contributed by atoms with Gasteiger partial charge in [-0.15, -0.1) is 0 Å². The van der Waals surface area contributed by atoms with Gasteiger partial charge >= 0.3 is 0 Å². The van der Waals surface area contributed by atoms with Crippen LogP contribution in [0.5, 0.6) is 0 Å². The minimum absolute atomic E-state index is 0. The first-order valence-corrected chi connectivity index (χ1v) is 8.10. The van der Waals surface area contributed by atoms with E-state index in [1.807, 2.05) is 18.2 Å². The highest BCUT2D eigenvalue weighted by Crippen LogP contribution is 2.28. The zero-order valence-electron chi connectivity index (χ0n) is 13.5. The van der Waals surface area contributed by atoms with Crippen LogP contribution in [0.2, 0.25) is 5.02 Å². The number of rotatable bonds is 2. The second-order valence-corrected chi connectivity index (χ2v) is 6.02. The van der Waals surface area contributed by atoms with Crippen LogP contribution in [-0.2, 0) is 17.8 Å². The number of halogens is 1. The van der Waals surface area contributed by atoms with E-state index in [0.29, 0.717) is 10.6 Å². The molecule has 0 aliphatic carbocycles. The summed E-state index contributed by atoms with van der Waals surface area (Å²) in [5, 5.41) is 5.94. The number of benzene rings is 2. The molecule has 0 spiro atoms. The molecule has 1 aliphatic heterocycles. The van der Waals surface area contributed by atoms with Gasteiger partial charge < -0.3 is 4.90 Å². The molecule has 0 amide bonds. The van der Waals surface area contributed by atoms with Crippen LogP contribution in [0.3, 0.4) is 0 Å². The number of isocyanates is 1. The molecule has 2 aromatic rings. The molecule has 0 unspecified atom stereocenters. The molecule has 132 valence electrons. The number of hydrogen-bond donors (Lipinski definition) is 1. The Morgan fingerprint density at radius 3 is 2.44 bits per heavy atom. The molecule has 25 heavy (non-hydrogen) atoms. The van der Waals surface area contributed by atoms with Gasteiger partial charge in [-0.3, -0.25) is 4.79 Å². The van der Waals surface area contributed by atoms with Gasteiger partial charge in [0.05, 0.1) is 5.02 Å². The number of carbonyl (C=O) groups is 1. The lowest BCUT2D eigenvalue weighted by atomic mass is 10.0. The molecule has 3 rings (SSSR count). The summed E-state index contributed by atoms with van der Waals surface area (Å²) in [6, 6.07) is 14.3. The van der Waals surface area contributed by atoms with Gasteiger partial charge in [-0.1, -0.05) is 43.3 Å². The molecule has 0 radical (unpaired) electrons. The molecule has 0 bridgehead atoms.